The summed E-state index contributed by atoms with van der Waals surface area (Å²) in [5.74, 6) is 0.623. The van der Waals surface area contributed by atoms with Gasteiger partial charge >= 0.3 is 7.60 Å². The van der Waals surface area contributed by atoms with Crippen molar-refractivity contribution in [1.82, 2.24) is 0 Å². The van der Waals surface area contributed by atoms with Crippen LogP contribution in [0.5, 0.6) is 5.75 Å². The van der Waals surface area contributed by atoms with Crippen LogP contribution in [0.25, 0.3) is 0 Å². The highest BCUT2D eigenvalue weighted by molar-refractivity contribution is 7.52. The summed E-state index contributed by atoms with van der Waals surface area (Å²) >= 11 is 0. The average molecular weight is 495 g/mol. The second kappa shape index (κ2) is 13.1. The predicted octanol–water partition coefficient (Wildman–Crippen LogP) is 7.72. The molecule has 0 aliphatic carbocycles. The lowest BCUT2D eigenvalue weighted by molar-refractivity contribution is 0.326. The van der Waals surface area contributed by atoms with Gasteiger partial charge in [-0.3, -0.25) is 4.57 Å². The average Bonchev–Trinajstić information content (AvgIpc) is 2.88. The first kappa shape index (κ1) is 27.2. The van der Waals surface area contributed by atoms with Crippen LogP contribution in [0, 0.1) is 0 Å². The lowest BCUT2D eigenvalue weighted by atomic mass is 9.65. The Balaban J connectivity index is 2.17. The minimum atomic E-state index is -4.55. The summed E-state index contributed by atoms with van der Waals surface area (Å²) in [4.78, 5) is 21.8. The molecule has 1 unspecified atom stereocenters. The van der Waals surface area contributed by atoms with Gasteiger partial charge in [-0.05, 0) is 23.6 Å². The fourth-order valence-electron chi connectivity index (χ4n) is 5.35. The van der Waals surface area contributed by atoms with Crippen molar-refractivity contribution in [3.63, 3.8) is 0 Å². The standard InChI is InChI=1S/C30H39O4P/c1-3-4-5-6-7-8-15-24-29(35(31,32)33)30(25-18-11-9-12-19-25,26-20-13-10-14-21-26)27-22-16-17-23-28(27)34-2/h9-14,16-23,29H,3-8,15,24H2,1-2H3,(H2,31,32,33). The van der Waals surface area contributed by atoms with E-state index < -0.39 is 18.7 Å². The Hall–Kier alpha value is -2.39. The first-order valence-electron chi connectivity index (χ1n) is 12.8. The number of para-hydroxylation sites is 1. The summed E-state index contributed by atoms with van der Waals surface area (Å²) in [7, 11) is -2.93. The van der Waals surface area contributed by atoms with Crippen molar-refractivity contribution in [3.05, 3.63) is 102 Å². The molecule has 0 aliphatic heterocycles. The van der Waals surface area contributed by atoms with E-state index in [1.54, 1.807) is 7.11 Å². The van der Waals surface area contributed by atoms with E-state index in [1.165, 1.54) is 25.7 Å². The number of unbranched alkanes of at least 4 members (excludes halogenated alkanes) is 6. The second-order valence-electron chi connectivity index (χ2n) is 9.26. The van der Waals surface area contributed by atoms with E-state index in [2.05, 4.69) is 6.92 Å². The van der Waals surface area contributed by atoms with Crippen LogP contribution < -0.4 is 4.74 Å². The van der Waals surface area contributed by atoms with Gasteiger partial charge in [0.25, 0.3) is 0 Å². The van der Waals surface area contributed by atoms with Gasteiger partial charge in [-0.15, -0.1) is 0 Å². The fourth-order valence-corrected chi connectivity index (χ4v) is 6.81. The van der Waals surface area contributed by atoms with Crippen molar-refractivity contribution in [1.29, 1.82) is 0 Å². The van der Waals surface area contributed by atoms with Crippen molar-refractivity contribution >= 4 is 7.60 Å². The Morgan fingerprint density at radius 2 is 1.23 bits per heavy atom. The molecule has 0 aromatic heterocycles. The Labute approximate surface area is 210 Å². The topological polar surface area (TPSA) is 66.8 Å². The molecule has 3 aromatic carbocycles. The molecule has 4 nitrogen and oxygen atoms in total. The van der Waals surface area contributed by atoms with Crippen LogP contribution in [0.2, 0.25) is 0 Å². The molecule has 5 heteroatoms. The fraction of sp³-hybridized carbons (Fsp3) is 0.400. The van der Waals surface area contributed by atoms with Crippen LogP contribution >= 0.6 is 7.60 Å². The Bertz CT molecular complexity index is 1020. The third-order valence-corrected chi connectivity index (χ3v) is 8.43. The van der Waals surface area contributed by atoms with Crippen LogP contribution in [-0.4, -0.2) is 22.6 Å². The summed E-state index contributed by atoms with van der Waals surface area (Å²) in [6.07, 6.45) is 8.07. The van der Waals surface area contributed by atoms with Crippen molar-refractivity contribution < 1.29 is 19.1 Å². The molecule has 0 fully saturated rings. The molecule has 188 valence electrons. The number of hydrogen-bond donors (Lipinski definition) is 2. The van der Waals surface area contributed by atoms with Crippen molar-refractivity contribution in [2.45, 2.75) is 69.4 Å². The minimum absolute atomic E-state index is 0.417. The van der Waals surface area contributed by atoms with E-state index in [0.717, 1.165) is 36.0 Å². The molecular formula is C30H39O4P. The first-order valence-corrected chi connectivity index (χ1v) is 14.4. The summed E-state index contributed by atoms with van der Waals surface area (Å²) in [5.41, 5.74) is 0.470. The van der Waals surface area contributed by atoms with Crippen LogP contribution in [-0.2, 0) is 9.98 Å². The Morgan fingerprint density at radius 1 is 0.743 bits per heavy atom. The molecule has 35 heavy (non-hydrogen) atoms. The van der Waals surface area contributed by atoms with E-state index >= 15 is 0 Å². The molecule has 0 saturated heterocycles. The highest BCUT2D eigenvalue weighted by Gasteiger charge is 2.52. The smallest absolute Gasteiger partial charge is 0.330 e. The molecule has 2 N–H and O–H groups in total. The van der Waals surface area contributed by atoms with Gasteiger partial charge < -0.3 is 14.5 Å². The zero-order valence-electron chi connectivity index (χ0n) is 21.0. The molecule has 0 amide bonds. The van der Waals surface area contributed by atoms with Gasteiger partial charge in [-0.2, -0.15) is 0 Å². The zero-order valence-corrected chi connectivity index (χ0v) is 21.9. The number of ether oxygens (including phenoxy) is 1. The maximum Gasteiger partial charge on any atom is 0.330 e. The van der Waals surface area contributed by atoms with Gasteiger partial charge in [0.2, 0.25) is 0 Å². The van der Waals surface area contributed by atoms with Gasteiger partial charge in [0.15, 0.2) is 0 Å². The van der Waals surface area contributed by atoms with Gasteiger partial charge in [0, 0.05) is 5.56 Å². The van der Waals surface area contributed by atoms with E-state index in [1.807, 2.05) is 84.9 Å². The number of rotatable bonds is 14. The molecular weight excluding hydrogens is 455 g/mol. The molecule has 1 atom stereocenters. The Morgan fingerprint density at radius 3 is 1.74 bits per heavy atom. The SMILES string of the molecule is CCCCCCCCCC(C(c1ccccc1)(c1ccccc1)c1ccccc1OC)P(=O)(O)O. The lowest BCUT2D eigenvalue weighted by Crippen LogP contribution is -2.42. The van der Waals surface area contributed by atoms with Crippen LogP contribution in [0.4, 0.5) is 0 Å². The van der Waals surface area contributed by atoms with Gasteiger partial charge in [-0.25, -0.2) is 0 Å². The van der Waals surface area contributed by atoms with Crippen LogP contribution in [0.15, 0.2) is 84.9 Å². The summed E-state index contributed by atoms with van der Waals surface area (Å²) in [6, 6.07) is 27.2. The predicted molar refractivity (Wildman–Crippen MR) is 144 cm³/mol. The Kier molecular flexibility index (Phi) is 10.2. The van der Waals surface area contributed by atoms with Crippen molar-refractivity contribution in [2.75, 3.05) is 7.11 Å². The number of methoxy groups -OCH3 is 1. The summed E-state index contributed by atoms with van der Waals surface area (Å²) < 4.78 is 19.1. The van der Waals surface area contributed by atoms with Crippen molar-refractivity contribution in [3.8, 4) is 5.75 Å². The molecule has 0 bridgehead atoms. The zero-order chi connectivity index (χ0) is 25.2. The molecule has 0 radical (unpaired) electrons. The molecule has 3 rings (SSSR count). The first-order chi connectivity index (χ1) is 17.0. The third kappa shape index (κ3) is 6.44. The van der Waals surface area contributed by atoms with Crippen molar-refractivity contribution in [2.24, 2.45) is 0 Å². The second-order valence-corrected chi connectivity index (χ2v) is 11.1. The van der Waals surface area contributed by atoms with Crippen LogP contribution in [0.3, 0.4) is 0 Å². The van der Waals surface area contributed by atoms with E-state index in [4.69, 9.17) is 4.74 Å². The number of hydrogen-bond acceptors (Lipinski definition) is 2. The number of benzene rings is 3. The summed E-state index contributed by atoms with van der Waals surface area (Å²) in [6.45, 7) is 2.20. The molecule has 0 aliphatic rings. The van der Waals surface area contributed by atoms with Gasteiger partial charge in [0.1, 0.15) is 5.75 Å². The quantitative estimate of drug-likeness (QED) is 0.137. The largest absolute Gasteiger partial charge is 0.496 e. The van der Waals surface area contributed by atoms with Crippen LogP contribution in [0.1, 0.15) is 75.0 Å². The highest BCUT2D eigenvalue weighted by Crippen LogP contribution is 2.59. The van der Waals surface area contributed by atoms with Gasteiger partial charge in [0.05, 0.1) is 18.2 Å². The van der Waals surface area contributed by atoms with E-state index in [0.29, 0.717) is 12.2 Å². The molecule has 0 saturated carbocycles. The third-order valence-electron chi connectivity index (χ3n) is 6.98. The molecule has 0 heterocycles. The molecule has 3 aromatic rings. The van der Waals surface area contributed by atoms with E-state index in [9.17, 15) is 14.4 Å². The maximum absolute atomic E-state index is 13.4. The summed E-state index contributed by atoms with van der Waals surface area (Å²) in [5, 5.41) is 0. The monoisotopic (exact) mass is 494 g/mol. The van der Waals surface area contributed by atoms with E-state index in [-0.39, 0.29) is 0 Å². The normalized spacial score (nSPS) is 12.9. The lowest BCUT2D eigenvalue weighted by Gasteiger charge is -2.43. The maximum atomic E-state index is 13.4. The minimum Gasteiger partial charge on any atom is -0.496 e. The molecule has 0 spiro atoms. The highest BCUT2D eigenvalue weighted by atomic mass is 31.2. The van der Waals surface area contributed by atoms with Gasteiger partial charge in [-0.1, -0.05) is 131 Å².